The summed E-state index contributed by atoms with van der Waals surface area (Å²) in [5, 5.41) is 20.1. The smallest absolute Gasteiger partial charge is 0.409 e. The molecule has 0 atom stereocenters. The van der Waals surface area contributed by atoms with Gasteiger partial charge in [-0.3, -0.25) is 10.1 Å². The Morgan fingerprint density at radius 2 is 1.76 bits per heavy atom. The predicted molar refractivity (Wildman–Crippen MR) is 114 cm³/mol. The van der Waals surface area contributed by atoms with Gasteiger partial charge in [0.05, 0.1) is 11.5 Å². The number of aromatic carboxylic acids is 1. The topological polar surface area (TPSA) is 119 Å². The van der Waals surface area contributed by atoms with E-state index in [9.17, 15) is 38.0 Å². The molecule has 2 aromatic rings. The number of nitrogens with zero attached hydrogens (tertiary/aromatic N) is 2. The molecule has 13 heteroatoms. The van der Waals surface area contributed by atoms with Gasteiger partial charge in [0.2, 0.25) is 5.82 Å². The average molecular weight is 505 g/mol. The number of nitro benzene ring substituents is 1. The second-order valence-corrected chi connectivity index (χ2v) is 7.27. The Bertz CT molecular complexity index is 1110. The van der Waals surface area contributed by atoms with E-state index in [2.05, 4.69) is 0 Å². The van der Waals surface area contributed by atoms with E-state index >= 15 is 0 Å². The molecule has 0 bridgehead atoms. The monoisotopic (exact) mass is 504 g/mol. The van der Waals surface area contributed by atoms with Crippen LogP contribution in [0, 0.1) is 34.5 Å². The van der Waals surface area contributed by atoms with Crippen LogP contribution in [0.1, 0.15) is 35.3 Å². The standard InChI is InChI=1S/C21H20ClF3N2O7/c1-4-26(5-2)21(30)33-7-6-11-8-12(9-13(20(28)29)18(11)27(31)32)34-19-14(22)15(23)10(3)16(24)17(19)25/h8-9H,4-7H2,1-3H3,(H,28,29). The highest BCUT2D eigenvalue weighted by atomic mass is 35.5. The van der Waals surface area contributed by atoms with Gasteiger partial charge >= 0.3 is 12.1 Å². The lowest BCUT2D eigenvalue weighted by Gasteiger charge is -2.18. The quantitative estimate of drug-likeness (QED) is 0.272. The molecule has 0 radical (unpaired) electrons. The molecule has 0 aliphatic carbocycles. The zero-order chi connectivity index (χ0) is 25.7. The number of nitro groups is 1. The molecule has 1 amide bonds. The predicted octanol–water partition coefficient (Wildman–Crippen LogP) is 5.49. The summed E-state index contributed by atoms with van der Waals surface area (Å²) in [4.78, 5) is 35.6. The number of benzene rings is 2. The largest absolute Gasteiger partial charge is 0.477 e. The molecular weight excluding hydrogens is 485 g/mol. The Labute approximate surface area is 196 Å². The zero-order valence-electron chi connectivity index (χ0n) is 18.3. The van der Waals surface area contributed by atoms with Crippen molar-refractivity contribution in [1.29, 1.82) is 0 Å². The number of ether oxygens (including phenoxy) is 2. The normalized spacial score (nSPS) is 10.7. The minimum absolute atomic E-state index is 0.239. The summed E-state index contributed by atoms with van der Waals surface area (Å²) < 4.78 is 52.6. The van der Waals surface area contributed by atoms with Crippen LogP contribution in [0.2, 0.25) is 5.02 Å². The molecule has 0 unspecified atom stereocenters. The summed E-state index contributed by atoms with van der Waals surface area (Å²) in [6, 6.07) is 1.67. The van der Waals surface area contributed by atoms with Gasteiger partial charge in [0.1, 0.15) is 16.3 Å². The van der Waals surface area contributed by atoms with Crippen molar-refractivity contribution in [3.63, 3.8) is 0 Å². The van der Waals surface area contributed by atoms with E-state index in [1.807, 2.05) is 0 Å². The first-order valence-corrected chi connectivity index (χ1v) is 10.3. The molecule has 0 fully saturated rings. The van der Waals surface area contributed by atoms with Crippen molar-refractivity contribution >= 4 is 29.4 Å². The van der Waals surface area contributed by atoms with Crippen LogP contribution in [0.4, 0.5) is 23.7 Å². The highest BCUT2D eigenvalue weighted by molar-refractivity contribution is 6.32. The number of hydrogen-bond donors (Lipinski definition) is 1. The first-order chi connectivity index (χ1) is 15.9. The maximum absolute atomic E-state index is 14.4. The third-order valence-corrected chi connectivity index (χ3v) is 5.19. The molecule has 0 saturated carbocycles. The summed E-state index contributed by atoms with van der Waals surface area (Å²) in [7, 11) is 0. The van der Waals surface area contributed by atoms with Crippen LogP contribution < -0.4 is 4.74 Å². The van der Waals surface area contributed by atoms with Crippen LogP contribution in [0.25, 0.3) is 0 Å². The molecule has 34 heavy (non-hydrogen) atoms. The van der Waals surface area contributed by atoms with E-state index < -0.39 is 67.8 Å². The van der Waals surface area contributed by atoms with E-state index in [1.54, 1.807) is 13.8 Å². The fourth-order valence-electron chi connectivity index (χ4n) is 3.04. The number of carbonyl (C=O) groups is 2. The molecule has 184 valence electrons. The van der Waals surface area contributed by atoms with Crippen molar-refractivity contribution in [3.05, 3.63) is 61.4 Å². The van der Waals surface area contributed by atoms with Crippen LogP contribution in [-0.4, -0.2) is 46.7 Å². The second-order valence-electron chi connectivity index (χ2n) is 6.89. The molecule has 2 rings (SSSR count). The molecule has 0 saturated heterocycles. The van der Waals surface area contributed by atoms with E-state index in [0.29, 0.717) is 19.2 Å². The maximum atomic E-state index is 14.4. The third kappa shape index (κ3) is 5.50. The van der Waals surface area contributed by atoms with Crippen molar-refractivity contribution in [1.82, 2.24) is 4.90 Å². The van der Waals surface area contributed by atoms with Crippen molar-refractivity contribution in [2.75, 3.05) is 19.7 Å². The van der Waals surface area contributed by atoms with Crippen molar-refractivity contribution in [2.24, 2.45) is 0 Å². The maximum Gasteiger partial charge on any atom is 0.409 e. The van der Waals surface area contributed by atoms with Gasteiger partial charge in [-0.25, -0.2) is 18.4 Å². The van der Waals surface area contributed by atoms with Gasteiger partial charge < -0.3 is 19.5 Å². The van der Waals surface area contributed by atoms with Gasteiger partial charge in [-0.1, -0.05) is 11.6 Å². The molecule has 0 aliphatic rings. The molecule has 0 aliphatic heterocycles. The number of carbonyl (C=O) groups excluding carboxylic acids is 1. The Morgan fingerprint density at radius 1 is 1.15 bits per heavy atom. The summed E-state index contributed by atoms with van der Waals surface area (Å²) >= 11 is 5.73. The minimum atomic E-state index is -1.72. The van der Waals surface area contributed by atoms with Gasteiger partial charge in [-0.2, -0.15) is 4.39 Å². The number of halogens is 4. The van der Waals surface area contributed by atoms with Gasteiger partial charge in [0.25, 0.3) is 5.69 Å². The number of rotatable bonds is 9. The number of hydrogen-bond acceptors (Lipinski definition) is 6. The Hall–Kier alpha value is -3.54. The minimum Gasteiger partial charge on any atom is -0.477 e. The average Bonchev–Trinajstić information content (AvgIpc) is 2.79. The Kier molecular flexibility index (Phi) is 8.68. The summed E-state index contributed by atoms with van der Waals surface area (Å²) in [5.74, 6) is -7.76. The number of carboxylic acids is 1. The summed E-state index contributed by atoms with van der Waals surface area (Å²) in [6.07, 6.45) is -0.994. The highest BCUT2D eigenvalue weighted by Crippen LogP contribution is 2.39. The molecular formula is C21H20ClF3N2O7. The molecule has 9 nitrogen and oxygen atoms in total. The summed E-state index contributed by atoms with van der Waals surface area (Å²) in [6.45, 7) is 4.75. The van der Waals surface area contributed by atoms with Crippen LogP contribution >= 0.6 is 11.6 Å². The lowest BCUT2D eigenvalue weighted by atomic mass is 10.0. The molecule has 2 aromatic carbocycles. The van der Waals surface area contributed by atoms with Crippen molar-refractivity contribution in [2.45, 2.75) is 27.2 Å². The number of amides is 1. The van der Waals surface area contributed by atoms with E-state index in [1.165, 1.54) is 4.90 Å². The lowest BCUT2D eigenvalue weighted by molar-refractivity contribution is -0.385. The van der Waals surface area contributed by atoms with Crippen LogP contribution in [-0.2, 0) is 11.2 Å². The first kappa shape index (κ1) is 26.7. The third-order valence-electron chi connectivity index (χ3n) is 4.86. The fraction of sp³-hybridized carbons (Fsp3) is 0.333. The van der Waals surface area contributed by atoms with Gasteiger partial charge in [-0.05, 0) is 26.8 Å². The fourth-order valence-corrected chi connectivity index (χ4v) is 3.31. The highest BCUT2D eigenvalue weighted by Gasteiger charge is 2.29. The molecule has 0 heterocycles. The van der Waals surface area contributed by atoms with Crippen LogP contribution in [0.5, 0.6) is 11.5 Å². The summed E-state index contributed by atoms with van der Waals surface area (Å²) in [5.41, 5.74) is -2.58. The van der Waals surface area contributed by atoms with Gasteiger partial charge in [-0.15, -0.1) is 0 Å². The van der Waals surface area contributed by atoms with Crippen molar-refractivity contribution < 1.29 is 42.3 Å². The van der Waals surface area contributed by atoms with Gasteiger partial charge in [0.15, 0.2) is 17.4 Å². The van der Waals surface area contributed by atoms with E-state index in [4.69, 9.17) is 21.1 Å². The van der Waals surface area contributed by atoms with Crippen LogP contribution in [0.3, 0.4) is 0 Å². The lowest BCUT2D eigenvalue weighted by Crippen LogP contribution is -2.31. The molecule has 1 N–H and O–H groups in total. The van der Waals surface area contributed by atoms with E-state index in [-0.39, 0.29) is 18.6 Å². The van der Waals surface area contributed by atoms with Gasteiger partial charge in [0, 0.05) is 36.7 Å². The van der Waals surface area contributed by atoms with Crippen molar-refractivity contribution in [3.8, 4) is 11.5 Å². The Morgan fingerprint density at radius 3 is 2.29 bits per heavy atom. The molecule has 0 aromatic heterocycles. The molecule has 0 spiro atoms. The zero-order valence-corrected chi connectivity index (χ0v) is 19.0. The SMILES string of the molecule is CCN(CC)C(=O)OCCc1cc(Oc2c(F)c(F)c(C)c(F)c2Cl)cc(C(=O)O)c1[N+](=O)[O-]. The van der Waals surface area contributed by atoms with E-state index in [0.717, 1.165) is 13.0 Å². The Balaban J connectivity index is 2.50. The number of carboxylic acid groups (broad SMARTS) is 1. The second kappa shape index (κ2) is 11.1. The first-order valence-electron chi connectivity index (χ1n) is 9.91. The van der Waals surface area contributed by atoms with Crippen LogP contribution in [0.15, 0.2) is 12.1 Å².